The van der Waals surface area contributed by atoms with Gasteiger partial charge in [-0.1, -0.05) is 0 Å². The molecular formula is C13H8BrFN2O3. The van der Waals surface area contributed by atoms with Gasteiger partial charge < -0.3 is 10.4 Å². The topological polar surface area (TPSA) is 79.3 Å². The molecule has 0 saturated carbocycles. The minimum atomic E-state index is -1.15. The van der Waals surface area contributed by atoms with Crippen molar-refractivity contribution in [2.75, 3.05) is 5.32 Å². The zero-order chi connectivity index (χ0) is 14.7. The van der Waals surface area contributed by atoms with Crippen LogP contribution in [0.15, 0.2) is 41.0 Å². The van der Waals surface area contributed by atoms with Crippen molar-refractivity contribution in [2.24, 2.45) is 0 Å². The second kappa shape index (κ2) is 5.79. The number of aromatic nitrogens is 1. The molecule has 20 heavy (non-hydrogen) atoms. The molecule has 0 saturated heterocycles. The maximum Gasteiger partial charge on any atom is 0.354 e. The summed E-state index contributed by atoms with van der Waals surface area (Å²) in [5.41, 5.74) is 0.494. The molecular weight excluding hydrogens is 331 g/mol. The summed E-state index contributed by atoms with van der Waals surface area (Å²) in [6.07, 6.45) is 1.24. The summed E-state index contributed by atoms with van der Waals surface area (Å²) in [7, 11) is 0. The number of hydrogen-bond donors (Lipinski definition) is 2. The van der Waals surface area contributed by atoms with Gasteiger partial charge in [-0.05, 0) is 46.3 Å². The third-order valence-electron chi connectivity index (χ3n) is 2.42. The van der Waals surface area contributed by atoms with Gasteiger partial charge in [0.25, 0.3) is 5.91 Å². The minimum Gasteiger partial charge on any atom is -0.477 e. The number of pyridine rings is 1. The summed E-state index contributed by atoms with van der Waals surface area (Å²) >= 11 is 2.99. The van der Waals surface area contributed by atoms with E-state index in [4.69, 9.17) is 5.11 Å². The molecule has 2 rings (SSSR count). The Labute approximate surface area is 121 Å². The first-order chi connectivity index (χ1) is 9.47. The van der Waals surface area contributed by atoms with E-state index in [1.807, 2.05) is 0 Å². The van der Waals surface area contributed by atoms with Crippen LogP contribution in [0.5, 0.6) is 0 Å². The molecule has 2 aromatic rings. The molecule has 2 N–H and O–H groups in total. The lowest BCUT2D eigenvalue weighted by Crippen LogP contribution is -2.12. The van der Waals surface area contributed by atoms with Crippen LogP contribution in [0.1, 0.15) is 20.8 Å². The molecule has 0 unspecified atom stereocenters. The number of rotatable bonds is 3. The lowest BCUT2D eigenvalue weighted by molar-refractivity contribution is 0.0690. The number of carbonyl (C=O) groups excluding carboxylic acids is 1. The van der Waals surface area contributed by atoms with Gasteiger partial charge in [-0.3, -0.25) is 4.79 Å². The molecule has 0 aliphatic heterocycles. The normalized spacial score (nSPS) is 10.1. The Morgan fingerprint density at radius 2 is 2.00 bits per heavy atom. The third kappa shape index (κ3) is 3.18. The van der Waals surface area contributed by atoms with Crippen molar-refractivity contribution in [3.8, 4) is 0 Å². The molecule has 5 nitrogen and oxygen atoms in total. The molecule has 0 atom stereocenters. The zero-order valence-corrected chi connectivity index (χ0v) is 11.5. The SMILES string of the molecule is O=C(Nc1ccc(C(=O)O)nc1)c1ccc(F)c(Br)c1. The van der Waals surface area contributed by atoms with Crippen molar-refractivity contribution in [2.45, 2.75) is 0 Å². The number of halogens is 2. The predicted molar refractivity (Wildman–Crippen MR) is 73.2 cm³/mol. The van der Waals surface area contributed by atoms with Crippen molar-refractivity contribution in [3.63, 3.8) is 0 Å². The van der Waals surface area contributed by atoms with Crippen molar-refractivity contribution >= 4 is 33.5 Å². The molecule has 0 radical (unpaired) electrons. The van der Waals surface area contributed by atoms with Gasteiger partial charge in [0.2, 0.25) is 0 Å². The quantitative estimate of drug-likeness (QED) is 0.901. The maximum absolute atomic E-state index is 13.1. The van der Waals surface area contributed by atoms with Crippen LogP contribution in [-0.2, 0) is 0 Å². The van der Waals surface area contributed by atoms with Gasteiger partial charge >= 0.3 is 5.97 Å². The molecule has 1 heterocycles. The Bertz CT molecular complexity index is 674. The summed E-state index contributed by atoms with van der Waals surface area (Å²) in [6, 6.07) is 6.56. The summed E-state index contributed by atoms with van der Waals surface area (Å²) < 4.78 is 13.2. The molecule has 102 valence electrons. The molecule has 0 spiro atoms. The molecule has 7 heteroatoms. The molecule has 1 aromatic carbocycles. The van der Waals surface area contributed by atoms with Crippen LogP contribution in [0.3, 0.4) is 0 Å². The van der Waals surface area contributed by atoms with E-state index in [2.05, 4.69) is 26.2 Å². The first-order valence-electron chi connectivity index (χ1n) is 5.43. The maximum atomic E-state index is 13.1. The van der Waals surface area contributed by atoms with Gasteiger partial charge in [0.15, 0.2) is 0 Å². The van der Waals surface area contributed by atoms with Gasteiger partial charge in [0.1, 0.15) is 11.5 Å². The molecule has 1 aromatic heterocycles. The second-order valence-corrected chi connectivity index (χ2v) is 4.67. The number of aromatic carboxylic acids is 1. The summed E-state index contributed by atoms with van der Waals surface area (Å²) in [5.74, 6) is -2.06. The molecule has 0 bridgehead atoms. The van der Waals surface area contributed by atoms with E-state index in [9.17, 15) is 14.0 Å². The number of nitrogens with zero attached hydrogens (tertiary/aromatic N) is 1. The summed E-state index contributed by atoms with van der Waals surface area (Å²) in [5, 5.41) is 11.2. The smallest absolute Gasteiger partial charge is 0.354 e. The van der Waals surface area contributed by atoms with E-state index < -0.39 is 17.7 Å². The average Bonchev–Trinajstić information content (AvgIpc) is 2.42. The van der Waals surface area contributed by atoms with E-state index in [0.29, 0.717) is 5.69 Å². The van der Waals surface area contributed by atoms with Gasteiger partial charge in [-0.25, -0.2) is 14.2 Å². The van der Waals surface area contributed by atoms with Crippen LogP contribution in [0.25, 0.3) is 0 Å². The number of carboxylic acid groups (broad SMARTS) is 1. The number of hydrogen-bond acceptors (Lipinski definition) is 3. The van der Waals surface area contributed by atoms with Crippen LogP contribution in [0.2, 0.25) is 0 Å². The fourth-order valence-electron chi connectivity index (χ4n) is 1.43. The molecule has 0 aliphatic carbocycles. The zero-order valence-electron chi connectivity index (χ0n) is 9.93. The molecule has 0 aliphatic rings. The Hall–Kier alpha value is -2.28. The highest BCUT2D eigenvalue weighted by atomic mass is 79.9. The summed E-state index contributed by atoms with van der Waals surface area (Å²) in [6.45, 7) is 0. The van der Waals surface area contributed by atoms with E-state index in [0.717, 1.165) is 0 Å². The summed E-state index contributed by atoms with van der Waals surface area (Å²) in [4.78, 5) is 26.2. The average molecular weight is 339 g/mol. The molecule has 1 amide bonds. The highest BCUT2D eigenvalue weighted by molar-refractivity contribution is 9.10. The number of nitrogens with one attached hydrogen (secondary N) is 1. The van der Waals surface area contributed by atoms with Gasteiger partial charge in [0.05, 0.1) is 16.4 Å². The van der Waals surface area contributed by atoms with Crippen LogP contribution in [-0.4, -0.2) is 22.0 Å². The van der Waals surface area contributed by atoms with Crippen molar-refractivity contribution in [1.29, 1.82) is 0 Å². The Balaban J connectivity index is 2.14. The van der Waals surface area contributed by atoms with Gasteiger partial charge in [-0.2, -0.15) is 0 Å². The van der Waals surface area contributed by atoms with Crippen LogP contribution < -0.4 is 5.32 Å². The highest BCUT2D eigenvalue weighted by Crippen LogP contribution is 2.18. The van der Waals surface area contributed by atoms with E-state index in [1.54, 1.807) is 0 Å². The highest BCUT2D eigenvalue weighted by Gasteiger charge is 2.10. The van der Waals surface area contributed by atoms with Crippen LogP contribution in [0.4, 0.5) is 10.1 Å². The van der Waals surface area contributed by atoms with E-state index in [1.165, 1.54) is 36.5 Å². The standard InChI is InChI=1S/C13H8BrFN2O3/c14-9-5-7(1-3-10(9)15)12(18)17-8-2-4-11(13(19)20)16-6-8/h1-6H,(H,17,18)(H,19,20). The number of carbonyl (C=O) groups is 2. The van der Waals surface area contributed by atoms with Crippen molar-refractivity contribution in [3.05, 3.63) is 58.1 Å². The second-order valence-electron chi connectivity index (χ2n) is 3.82. The lowest BCUT2D eigenvalue weighted by Gasteiger charge is -2.05. The largest absolute Gasteiger partial charge is 0.477 e. The number of benzene rings is 1. The predicted octanol–water partition coefficient (Wildman–Crippen LogP) is 2.93. The fourth-order valence-corrected chi connectivity index (χ4v) is 1.81. The minimum absolute atomic E-state index is 0.118. The van der Waals surface area contributed by atoms with E-state index in [-0.39, 0.29) is 15.7 Å². The van der Waals surface area contributed by atoms with Gasteiger partial charge in [-0.15, -0.1) is 0 Å². The van der Waals surface area contributed by atoms with Crippen molar-refractivity contribution in [1.82, 2.24) is 4.98 Å². The number of anilines is 1. The van der Waals surface area contributed by atoms with Crippen LogP contribution >= 0.6 is 15.9 Å². The van der Waals surface area contributed by atoms with Crippen molar-refractivity contribution < 1.29 is 19.1 Å². The first kappa shape index (κ1) is 14.1. The van der Waals surface area contributed by atoms with E-state index >= 15 is 0 Å². The Kier molecular flexibility index (Phi) is 4.09. The first-order valence-corrected chi connectivity index (χ1v) is 6.22. The Morgan fingerprint density at radius 1 is 1.25 bits per heavy atom. The van der Waals surface area contributed by atoms with Crippen LogP contribution in [0, 0.1) is 5.82 Å². The fraction of sp³-hybridized carbons (Fsp3) is 0. The molecule has 0 fully saturated rings. The third-order valence-corrected chi connectivity index (χ3v) is 3.03. The number of carboxylic acids is 1. The number of amides is 1. The van der Waals surface area contributed by atoms with Gasteiger partial charge in [0, 0.05) is 5.56 Å². The monoisotopic (exact) mass is 338 g/mol. The lowest BCUT2D eigenvalue weighted by atomic mass is 10.2. The Morgan fingerprint density at radius 3 is 2.55 bits per heavy atom.